The van der Waals surface area contributed by atoms with Gasteiger partial charge in [-0.15, -0.1) is 0 Å². The number of benzene rings is 2. The molecule has 2 aliphatic rings. The van der Waals surface area contributed by atoms with Crippen LogP contribution in [0.1, 0.15) is 34.2 Å². The van der Waals surface area contributed by atoms with Crippen LogP contribution in [-0.2, 0) is 31.1 Å². The minimum atomic E-state index is 1.09. The molecule has 0 nitrogen and oxygen atoms in total. The van der Waals surface area contributed by atoms with E-state index in [1.165, 1.54) is 39.0 Å². The Bertz CT molecular complexity index is 822. The van der Waals surface area contributed by atoms with E-state index in [2.05, 4.69) is 56.3 Å². The van der Waals surface area contributed by atoms with Gasteiger partial charge in [0.2, 0.25) is 0 Å². The first-order chi connectivity index (χ1) is 10.2. The summed E-state index contributed by atoms with van der Waals surface area (Å²) in [5.41, 5.74) is 12.0. The van der Waals surface area contributed by atoms with Gasteiger partial charge in [-0.05, 0) is 0 Å². The van der Waals surface area contributed by atoms with Gasteiger partial charge in [0.25, 0.3) is 0 Å². The van der Waals surface area contributed by atoms with Crippen LogP contribution >= 0.6 is 0 Å². The van der Waals surface area contributed by atoms with E-state index in [0.29, 0.717) is 0 Å². The first-order valence-electron chi connectivity index (χ1n) is 7.50. The van der Waals surface area contributed by atoms with Gasteiger partial charge in [0.05, 0.1) is 0 Å². The number of fused-ring (bicyclic) bond motifs is 3. The summed E-state index contributed by atoms with van der Waals surface area (Å²) in [4.78, 5) is 0. The first-order valence-corrected chi connectivity index (χ1v) is 8.73. The van der Waals surface area contributed by atoms with Crippen LogP contribution in [0.5, 0.6) is 0 Å². The van der Waals surface area contributed by atoms with E-state index in [1.807, 2.05) is 0 Å². The molecular weight excluding hydrogens is 331 g/mol. The zero-order valence-electron chi connectivity index (χ0n) is 12.5. The molecule has 2 aromatic carbocycles. The predicted octanol–water partition coefficient (Wildman–Crippen LogP) is 4.39. The van der Waals surface area contributed by atoms with Crippen LogP contribution in [0.15, 0.2) is 42.5 Å². The fourth-order valence-corrected chi connectivity index (χ4v) is 5.13. The maximum atomic E-state index is 2.30. The third kappa shape index (κ3) is 1.90. The molecule has 0 saturated carbocycles. The number of hydrogen-bond acceptors (Lipinski definition) is 0. The quantitative estimate of drug-likeness (QED) is 0.612. The molecule has 0 saturated heterocycles. The SMILES string of the molecule is Cc1c(C)c2c([c]([Zr])c1C1=CC=CC1)Cc1ccccc1-2. The first kappa shape index (κ1) is 13.5. The summed E-state index contributed by atoms with van der Waals surface area (Å²) in [6.07, 6.45) is 8.96. The van der Waals surface area contributed by atoms with Crippen LogP contribution in [0.25, 0.3) is 16.7 Å². The molecule has 0 radical (unpaired) electrons. The van der Waals surface area contributed by atoms with E-state index in [1.54, 1.807) is 33.6 Å². The Morgan fingerprint density at radius 2 is 1.76 bits per heavy atom. The van der Waals surface area contributed by atoms with Crippen molar-refractivity contribution < 1.29 is 24.7 Å². The molecule has 0 aromatic heterocycles. The van der Waals surface area contributed by atoms with Crippen molar-refractivity contribution in [1.29, 1.82) is 0 Å². The van der Waals surface area contributed by atoms with Gasteiger partial charge in [0, 0.05) is 0 Å². The zero-order valence-corrected chi connectivity index (χ0v) is 14.9. The summed E-state index contributed by atoms with van der Waals surface area (Å²) < 4.78 is 1.58. The summed E-state index contributed by atoms with van der Waals surface area (Å²) >= 11 is 1.54. The molecule has 101 valence electrons. The van der Waals surface area contributed by atoms with Crippen molar-refractivity contribution in [3.05, 3.63) is 70.3 Å². The van der Waals surface area contributed by atoms with Gasteiger partial charge in [-0.25, -0.2) is 0 Å². The van der Waals surface area contributed by atoms with E-state index in [9.17, 15) is 0 Å². The number of hydrogen-bond donors (Lipinski definition) is 0. The van der Waals surface area contributed by atoms with Gasteiger partial charge >= 0.3 is 142 Å². The molecule has 0 atom stereocenters. The molecular formula is C20H17Zr. The number of rotatable bonds is 1. The Kier molecular flexibility index (Phi) is 3.15. The molecule has 0 heterocycles. The predicted molar refractivity (Wildman–Crippen MR) is 85.5 cm³/mol. The van der Waals surface area contributed by atoms with Crippen LogP contribution in [-0.4, -0.2) is 0 Å². The second-order valence-corrected chi connectivity index (χ2v) is 7.24. The van der Waals surface area contributed by atoms with Gasteiger partial charge in [0.1, 0.15) is 0 Å². The van der Waals surface area contributed by atoms with E-state index in [4.69, 9.17) is 0 Å². The van der Waals surface area contributed by atoms with Crippen LogP contribution in [0.4, 0.5) is 0 Å². The fourth-order valence-electron chi connectivity index (χ4n) is 3.75. The topological polar surface area (TPSA) is 0 Å². The molecule has 0 spiro atoms. The Balaban J connectivity index is 2.01. The van der Waals surface area contributed by atoms with E-state index in [-0.39, 0.29) is 0 Å². The summed E-state index contributed by atoms with van der Waals surface area (Å²) in [5.74, 6) is 0. The third-order valence-electron chi connectivity index (χ3n) is 4.91. The molecule has 2 aromatic rings. The van der Waals surface area contributed by atoms with Crippen molar-refractivity contribution in [2.75, 3.05) is 0 Å². The van der Waals surface area contributed by atoms with Crippen molar-refractivity contribution in [3.63, 3.8) is 0 Å². The Morgan fingerprint density at radius 3 is 2.52 bits per heavy atom. The summed E-state index contributed by atoms with van der Waals surface area (Å²) in [5, 5.41) is 0. The average molecular weight is 349 g/mol. The molecule has 0 amide bonds. The van der Waals surface area contributed by atoms with Crippen molar-refractivity contribution in [2.45, 2.75) is 26.7 Å². The molecule has 0 aliphatic heterocycles. The Morgan fingerprint density at radius 1 is 1.00 bits per heavy atom. The fraction of sp³-hybridized carbons (Fsp3) is 0.200. The molecule has 0 bridgehead atoms. The summed E-state index contributed by atoms with van der Waals surface area (Å²) in [6.45, 7) is 4.61. The van der Waals surface area contributed by atoms with E-state index in [0.717, 1.165) is 12.8 Å². The van der Waals surface area contributed by atoms with Crippen molar-refractivity contribution >= 4 is 8.84 Å². The second-order valence-electron chi connectivity index (χ2n) is 6.01. The standard InChI is InChI=1S/C20H17.Zr/c1-13-14(2)20-17(11-16-9-5-6-10-18(16)20)12-19(13)15-7-3-4-8-15;/h3-7,9-10H,8,11H2,1-2H3;. The molecule has 2 aliphatic carbocycles. The van der Waals surface area contributed by atoms with Gasteiger partial charge < -0.3 is 0 Å². The van der Waals surface area contributed by atoms with Crippen LogP contribution in [0.3, 0.4) is 0 Å². The minimum absolute atomic E-state index is 1.09. The van der Waals surface area contributed by atoms with Crippen molar-refractivity contribution in [3.8, 4) is 11.1 Å². The van der Waals surface area contributed by atoms with Crippen LogP contribution in [0.2, 0.25) is 0 Å². The molecule has 0 N–H and O–H groups in total. The van der Waals surface area contributed by atoms with Crippen LogP contribution in [0, 0.1) is 13.8 Å². The molecule has 4 rings (SSSR count). The third-order valence-corrected chi connectivity index (χ3v) is 6.27. The van der Waals surface area contributed by atoms with Crippen molar-refractivity contribution in [2.24, 2.45) is 0 Å². The second kappa shape index (κ2) is 4.92. The van der Waals surface area contributed by atoms with E-state index < -0.39 is 0 Å². The number of allylic oxidation sites excluding steroid dienone is 4. The Hall–Kier alpha value is -1.20. The van der Waals surface area contributed by atoms with Gasteiger partial charge in [-0.3, -0.25) is 0 Å². The monoisotopic (exact) mass is 347 g/mol. The van der Waals surface area contributed by atoms with E-state index >= 15 is 0 Å². The Labute approximate surface area is 141 Å². The molecule has 0 fully saturated rings. The van der Waals surface area contributed by atoms with Gasteiger partial charge in [-0.2, -0.15) is 0 Å². The van der Waals surface area contributed by atoms with Crippen LogP contribution < -0.4 is 3.27 Å². The maximum absolute atomic E-state index is 2.30. The zero-order chi connectivity index (χ0) is 14.6. The summed E-state index contributed by atoms with van der Waals surface area (Å²) in [7, 11) is 0. The average Bonchev–Trinajstić information content (AvgIpc) is 3.12. The summed E-state index contributed by atoms with van der Waals surface area (Å²) in [6, 6.07) is 8.91. The molecule has 1 heteroatoms. The molecule has 21 heavy (non-hydrogen) atoms. The van der Waals surface area contributed by atoms with Gasteiger partial charge in [0.15, 0.2) is 0 Å². The molecule has 0 unspecified atom stereocenters. The normalized spacial score (nSPS) is 15.0. The van der Waals surface area contributed by atoms with Gasteiger partial charge in [-0.1, -0.05) is 0 Å². The van der Waals surface area contributed by atoms with Crippen molar-refractivity contribution in [1.82, 2.24) is 0 Å².